The van der Waals surface area contributed by atoms with Gasteiger partial charge in [0, 0.05) is 12.4 Å². The van der Waals surface area contributed by atoms with Crippen molar-refractivity contribution in [3.8, 4) is 0 Å². The summed E-state index contributed by atoms with van der Waals surface area (Å²) in [5.41, 5.74) is 1.99. The average molecular weight is 274 g/mol. The molecule has 14 heavy (non-hydrogen) atoms. The van der Waals surface area contributed by atoms with Crippen LogP contribution in [0.15, 0.2) is 22.9 Å². The zero-order valence-corrected chi connectivity index (χ0v) is 10.3. The van der Waals surface area contributed by atoms with Gasteiger partial charge in [0.15, 0.2) is 5.65 Å². The first-order valence-corrected chi connectivity index (χ1v) is 5.58. The SMILES string of the molecule is CC(C)c1cn2cc(Cl)cc(Br)c2n1. The van der Waals surface area contributed by atoms with Gasteiger partial charge in [0.25, 0.3) is 0 Å². The molecular formula is C10H10BrClN2. The van der Waals surface area contributed by atoms with E-state index in [2.05, 4.69) is 34.8 Å². The number of aromatic nitrogens is 2. The molecule has 2 nitrogen and oxygen atoms in total. The Balaban J connectivity index is 2.70. The van der Waals surface area contributed by atoms with Crippen molar-refractivity contribution in [1.29, 1.82) is 0 Å². The van der Waals surface area contributed by atoms with Crippen LogP contribution in [-0.4, -0.2) is 9.38 Å². The summed E-state index contributed by atoms with van der Waals surface area (Å²) in [7, 11) is 0. The van der Waals surface area contributed by atoms with E-state index in [0.717, 1.165) is 15.8 Å². The number of nitrogens with zero attached hydrogens (tertiary/aromatic N) is 2. The molecule has 2 heterocycles. The number of halogens is 2. The molecule has 4 heteroatoms. The zero-order chi connectivity index (χ0) is 10.3. The molecule has 0 atom stereocenters. The number of imidazole rings is 1. The lowest BCUT2D eigenvalue weighted by Crippen LogP contribution is -1.84. The van der Waals surface area contributed by atoms with Gasteiger partial charge in [-0.3, -0.25) is 0 Å². The topological polar surface area (TPSA) is 17.3 Å². The number of fused-ring (bicyclic) bond motifs is 1. The van der Waals surface area contributed by atoms with Crippen molar-refractivity contribution in [2.75, 3.05) is 0 Å². The second-order valence-electron chi connectivity index (χ2n) is 3.56. The van der Waals surface area contributed by atoms with Gasteiger partial charge in [0.2, 0.25) is 0 Å². The summed E-state index contributed by atoms with van der Waals surface area (Å²) in [4.78, 5) is 4.51. The fraction of sp³-hybridized carbons (Fsp3) is 0.300. The Morgan fingerprint density at radius 3 is 2.79 bits per heavy atom. The molecule has 0 aliphatic rings. The summed E-state index contributed by atoms with van der Waals surface area (Å²) in [6.45, 7) is 4.24. The van der Waals surface area contributed by atoms with Crippen LogP contribution in [0, 0.1) is 0 Å². The molecule has 2 aromatic rings. The van der Waals surface area contributed by atoms with Crippen LogP contribution in [-0.2, 0) is 0 Å². The summed E-state index contributed by atoms with van der Waals surface area (Å²) >= 11 is 9.38. The van der Waals surface area contributed by atoms with Crippen molar-refractivity contribution in [3.05, 3.63) is 33.6 Å². The molecule has 0 bridgehead atoms. The van der Waals surface area contributed by atoms with Crippen molar-refractivity contribution < 1.29 is 0 Å². The highest BCUT2D eigenvalue weighted by molar-refractivity contribution is 9.10. The normalized spacial score (nSPS) is 11.5. The van der Waals surface area contributed by atoms with E-state index < -0.39 is 0 Å². The van der Waals surface area contributed by atoms with E-state index in [9.17, 15) is 0 Å². The highest BCUT2D eigenvalue weighted by Crippen LogP contribution is 2.24. The zero-order valence-electron chi connectivity index (χ0n) is 7.96. The third-order valence-corrected chi connectivity index (χ3v) is 2.87. The largest absolute Gasteiger partial charge is 0.304 e. The van der Waals surface area contributed by atoms with E-state index in [0.29, 0.717) is 10.9 Å². The van der Waals surface area contributed by atoms with Gasteiger partial charge in [-0.25, -0.2) is 4.98 Å². The van der Waals surface area contributed by atoms with Crippen LogP contribution >= 0.6 is 27.5 Å². The predicted octanol–water partition coefficient (Wildman–Crippen LogP) is 3.87. The monoisotopic (exact) mass is 272 g/mol. The summed E-state index contributed by atoms with van der Waals surface area (Å²) < 4.78 is 2.87. The van der Waals surface area contributed by atoms with Gasteiger partial charge in [-0.1, -0.05) is 25.4 Å². The van der Waals surface area contributed by atoms with Gasteiger partial charge in [-0.2, -0.15) is 0 Å². The molecule has 0 saturated heterocycles. The Labute approximate surface area is 96.0 Å². The summed E-state index contributed by atoms with van der Waals surface area (Å²) in [5.74, 6) is 0.431. The van der Waals surface area contributed by atoms with E-state index in [4.69, 9.17) is 11.6 Å². The maximum Gasteiger partial charge on any atom is 0.151 e. The van der Waals surface area contributed by atoms with Gasteiger partial charge < -0.3 is 4.40 Å². The van der Waals surface area contributed by atoms with Crippen LogP contribution in [0.3, 0.4) is 0 Å². The lowest BCUT2D eigenvalue weighted by molar-refractivity contribution is 0.834. The van der Waals surface area contributed by atoms with E-state index in [1.165, 1.54) is 0 Å². The molecule has 74 valence electrons. The van der Waals surface area contributed by atoms with Gasteiger partial charge in [-0.05, 0) is 27.9 Å². The lowest BCUT2D eigenvalue weighted by Gasteiger charge is -1.96. The molecule has 2 aromatic heterocycles. The Kier molecular flexibility index (Phi) is 2.54. The molecule has 0 aromatic carbocycles. The van der Waals surface area contributed by atoms with Gasteiger partial charge in [0.05, 0.1) is 15.2 Å². The molecule has 0 amide bonds. The van der Waals surface area contributed by atoms with Crippen LogP contribution in [0.5, 0.6) is 0 Å². The minimum absolute atomic E-state index is 0.431. The fourth-order valence-electron chi connectivity index (χ4n) is 1.32. The van der Waals surface area contributed by atoms with Crippen LogP contribution in [0.4, 0.5) is 0 Å². The molecule has 0 N–H and O–H groups in total. The predicted molar refractivity (Wildman–Crippen MR) is 62.0 cm³/mol. The van der Waals surface area contributed by atoms with Gasteiger partial charge >= 0.3 is 0 Å². The number of hydrogen-bond donors (Lipinski definition) is 0. The summed E-state index contributed by atoms with van der Waals surface area (Å²) in [6.07, 6.45) is 3.87. The highest BCUT2D eigenvalue weighted by Gasteiger charge is 2.08. The van der Waals surface area contributed by atoms with Crippen molar-refractivity contribution in [2.45, 2.75) is 19.8 Å². The van der Waals surface area contributed by atoms with Crippen molar-refractivity contribution in [1.82, 2.24) is 9.38 Å². The minimum atomic E-state index is 0.431. The first-order chi connectivity index (χ1) is 6.58. The third-order valence-electron chi connectivity index (χ3n) is 2.08. The maximum atomic E-state index is 5.93. The van der Waals surface area contributed by atoms with Crippen LogP contribution in [0.25, 0.3) is 5.65 Å². The minimum Gasteiger partial charge on any atom is -0.304 e. The average Bonchev–Trinajstić information content (AvgIpc) is 2.47. The Hall–Kier alpha value is -0.540. The Morgan fingerprint density at radius 2 is 2.14 bits per heavy atom. The van der Waals surface area contributed by atoms with E-state index in [1.807, 2.05) is 22.9 Å². The summed E-state index contributed by atoms with van der Waals surface area (Å²) in [6, 6.07) is 1.86. The molecule has 0 aliphatic carbocycles. The van der Waals surface area contributed by atoms with Crippen molar-refractivity contribution in [3.63, 3.8) is 0 Å². The number of rotatable bonds is 1. The molecule has 0 aliphatic heterocycles. The highest BCUT2D eigenvalue weighted by atomic mass is 79.9. The smallest absolute Gasteiger partial charge is 0.151 e. The maximum absolute atomic E-state index is 5.93. The van der Waals surface area contributed by atoms with E-state index in [1.54, 1.807) is 0 Å². The number of pyridine rings is 1. The fourth-order valence-corrected chi connectivity index (χ4v) is 2.21. The molecule has 0 spiro atoms. The first-order valence-electron chi connectivity index (χ1n) is 4.41. The van der Waals surface area contributed by atoms with Crippen molar-refractivity contribution >= 4 is 33.2 Å². The molecule has 0 unspecified atom stereocenters. The number of hydrogen-bond acceptors (Lipinski definition) is 1. The quantitative estimate of drug-likeness (QED) is 0.771. The molecule has 0 radical (unpaired) electrons. The van der Waals surface area contributed by atoms with Crippen LogP contribution in [0.1, 0.15) is 25.5 Å². The van der Waals surface area contributed by atoms with E-state index in [-0.39, 0.29) is 0 Å². The lowest BCUT2D eigenvalue weighted by atomic mass is 10.2. The molecule has 2 rings (SSSR count). The van der Waals surface area contributed by atoms with Gasteiger partial charge in [0.1, 0.15) is 0 Å². The van der Waals surface area contributed by atoms with Crippen LogP contribution < -0.4 is 0 Å². The van der Waals surface area contributed by atoms with E-state index >= 15 is 0 Å². The van der Waals surface area contributed by atoms with Crippen LogP contribution in [0.2, 0.25) is 5.02 Å². The second-order valence-corrected chi connectivity index (χ2v) is 4.85. The summed E-state index contributed by atoms with van der Waals surface area (Å²) in [5, 5.41) is 0.706. The Bertz CT molecular complexity index is 476. The third kappa shape index (κ3) is 1.66. The van der Waals surface area contributed by atoms with Gasteiger partial charge in [-0.15, -0.1) is 0 Å². The molecule has 0 saturated carbocycles. The Morgan fingerprint density at radius 1 is 1.43 bits per heavy atom. The standard InChI is InChI=1S/C10H10BrClN2/c1-6(2)9-5-14-4-7(12)3-8(11)10(14)13-9/h3-6H,1-2H3. The second kappa shape index (κ2) is 3.55. The molecule has 0 fully saturated rings. The van der Waals surface area contributed by atoms with Crippen molar-refractivity contribution in [2.24, 2.45) is 0 Å². The molecular weight excluding hydrogens is 263 g/mol. The first kappa shape index (κ1) is 9.99.